The topological polar surface area (TPSA) is 26.3 Å². The lowest BCUT2D eigenvalue weighted by atomic mass is 10.3. The van der Waals surface area contributed by atoms with Crippen molar-refractivity contribution in [1.29, 1.82) is 0 Å². The molecule has 1 rings (SSSR count). The highest BCUT2D eigenvalue weighted by atomic mass is 31.1. The largest absolute Gasteiger partial charge is 0.448 e. The Bertz CT molecular complexity index is 73.8. The molecule has 0 bridgehead atoms. The molecule has 0 aliphatic carbocycles. The summed E-state index contributed by atoms with van der Waals surface area (Å²) in [5, 5.41) is 0. The van der Waals surface area contributed by atoms with Crippen LogP contribution in [0.5, 0.6) is 0 Å². The van der Waals surface area contributed by atoms with Gasteiger partial charge in [-0.2, -0.15) is 0 Å². The van der Waals surface area contributed by atoms with E-state index in [1.54, 1.807) is 0 Å². The van der Waals surface area contributed by atoms with E-state index in [1.807, 2.05) is 0 Å². The molecule has 0 N–H and O–H groups in total. The summed E-state index contributed by atoms with van der Waals surface area (Å²) in [6.07, 6.45) is 2.73. The lowest BCUT2D eigenvalue weighted by Gasteiger charge is -2.07. The summed E-state index contributed by atoms with van der Waals surface area (Å²) in [6.45, 7) is 0. The quantitative estimate of drug-likeness (QED) is 0.442. The molecule has 0 aromatic carbocycles. The van der Waals surface area contributed by atoms with Gasteiger partial charge in [0.25, 0.3) is 0 Å². The van der Waals surface area contributed by atoms with Gasteiger partial charge in [-0.05, 0) is 6.42 Å². The molecule has 0 aromatic rings. The predicted molar refractivity (Wildman–Crippen MR) is 28.5 cm³/mol. The van der Waals surface area contributed by atoms with E-state index in [9.17, 15) is 4.79 Å². The zero-order valence-electron chi connectivity index (χ0n) is 3.94. The fraction of sp³-hybridized carbons (Fsp3) is 0.750. The summed E-state index contributed by atoms with van der Waals surface area (Å²) in [5.41, 5.74) is 0. The summed E-state index contributed by atoms with van der Waals surface area (Å²) in [7, 11) is 0.432. The van der Waals surface area contributed by atoms with Gasteiger partial charge in [0.1, 0.15) is 0 Å². The van der Waals surface area contributed by atoms with Crippen LogP contribution in [-0.4, -0.2) is 12.1 Å². The predicted octanol–water partition coefficient (Wildman–Crippen LogP) is 0.917. The lowest BCUT2D eigenvalue weighted by Crippen LogP contribution is -2.03. The second-order valence-electron chi connectivity index (χ2n) is 1.47. The van der Waals surface area contributed by atoms with Crippen molar-refractivity contribution in [3.05, 3.63) is 0 Å². The van der Waals surface area contributed by atoms with Crippen LogP contribution < -0.4 is 0 Å². The third-order valence-corrected chi connectivity index (χ3v) is 1.78. The average molecular weight is 118 g/mol. The molecule has 1 saturated heterocycles. The molecule has 0 aromatic heterocycles. The van der Waals surface area contributed by atoms with E-state index < -0.39 is 0 Å². The number of rotatable bonds is 0. The SMILES string of the molecule is O=C1CCCPO1. The van der Waals surface area contributed by atoms with Crippen molar-refractivity contribution in [2.24, 2.45) is 0 Å². The third kappa shape index (κ3) is 1.44. The molecule has 1 unspecified atom stereocenters. The van der Waals surface area contributed by atoms with E-state index in [0.29, 0.717) is 15.2 Å². The van der Waals surface area contributed by atoms with Crippen LogP contribution in [0.2, 0.25) is 0 Å². The lowest BCUT2D eigenvalue weighted by molar-refractivity contribution is -0.134. The average Bonchev–Trinajstić information content (AvgIpc) is 1.69. The van der Waals surface area contributed by atoms with Crippen molar-refractivity contribution in [1.82, 2.24) is 0 Å². The van der Waals surface area contributed by atoms with Crippen LogP contribution in [-0.2, 0) is 9.32 Å². The Balaban J connectivity index is 2.25. The van der Waals surface area contributed by atoms with E-state index in [0.717, 1.165) is 12.6 Å². The Morgan fingerprint density at radius 1 is 1.71 bits per heavy atom. The monoisotopic (exact) mass is 118 g/mol. The van der Waals surface area contributed by atoms with E-state index in [4.69, 9.17) is 0 Å². The van der Waals surface area contributed by atoms with Gasteiger partial charge in [-0.15, -0.1) is 0 Å². The van der Waals surface area contributed by atoms with E-state index >= 15 is 0 Å². The second-order valence-corrected chi connectivity index (χ2v) is 2.46. The normalized spacial score (nSPS) is 24.9. The van der Waals surface area contributed by atoms with Crippen molar-refractivity contribution in [3.8, 4) is 0 Å². The van der Waals surface area contributed by atoms with Gasteiger partial charge in [-0.3, -0.25) is 4.79 Å². The summed E-state index contributed by atoms with van der Waals surface area (Å²) in [6, 6.07) is 0. The molecule has 0 radical (unpaired) electrons. The first kappa shape index (κ1) is 5.04. The summed E-state index contributed by atoms with van der Waals surface area (Å²) in [4.78, 5) is 10.2. The van der Waals surface area contributed by atoms with Crippen molar-refractivity contribution in [3.63, 3.8) is 0 Å². The van der Waals surface area contributed by atoms with Crippen LogP contribution in [0.15, 0.2) is 0 Å². The first-order valence-electron chi connectivity index (χ1n) is 2.32. The smallest absolute Gasteiger partial charge is 0.308 e. The van der Waals surface area contributed by atoms with Gasteiger partial charge in [-0.25, -0.2) is 0 Å². The standard InChI is InChI=1S/C4H7O2P/c5-4-2-1-3-7-6-4/h7H,1-3H2. The summed E-state index contributed by atoms with van der Waals surface area (Å²) < 4.78 is 4.67. The molecule has 40 valence electrons. The van der Waals surface area contributed by atoms with E-state index in [-0.39, 0.29) is 5.97 Å². The molecule has 0 spiro atoms. The minimum absolute atomic E-state index is 0.0235. The van der Waals surface area contributed by atoms with Crippen molar-refractivity contribution in [2.45, 2.75) is 12.8 Å². The van der Waals surface area contributed by atoms with Gasteiger partial charge in [0.05, 0.1) is 8.81 Å². The third-order valence-electron chi connectivity index (χ3n) is 0.846. The molecule has 1 aliphatic rings. The molecule has 3 heteroatoms. The zero-order valence-corrected chi connectivity index (χ0v) is 4.94. The highest BCUT2D eigenvalue weighted by Crippen LogP contribution is 2.20. The molecule has 2 nitrogen and oxygen atoms in total. The maximum Gasteiger partial charge on any atom is 0.308 e. The van der Waals surface area contributed by atoms with Gasteiger partial charge in [0.2, 0.25) is 0 Å². The Labute approximate surface area is 44.1 Å². The molecular formula is C4H7O2P. The van der Waals surface area contributed by atoms with Crippen LogP contribution in [0.4, 0.5) is 0 Å². The molecule has 1 atom stereocenters. The highest BCUT2D eigenvalue weighted by molar-refractivity contribution is 7.33. The van der Waals surface area contributed by atoms with Gasteiger partial charge in [-0.1, -0.05) is 0 Å². The Morgan fingerprint density at radius 2 is 2.57 bits per heavy atom. The highest BCUT2D eigenvalue weighted by Gasteiger charge is 2.07. The van der Waals surface area contributed by atoms with Crippen molar-refractivity contribution < 1.29 is 9.32 Å². The first-order chi connectivity index (χ1) is 3.39. The van der Waals surface area contributed by atoms with Crippen molar-refractivity contribution in [2.75, 3.05) is 6.16 Å². The zero-order chi connectivity index (χ0) is 5.11. The molecule has 1 aliphatic heterocycles. The minimum atomic E-state index is -0.0235. The fourth-order valence-electron chi connectivity index (χ4n) is 0.487. The first-order valence-corrected chi connectivity index (χ1v) is 3.43. The molecule has 7 heavy (non-hydrogen) atoms. The molecule has 1 fully saturated rings. The summed E-state index contributed by atoms with van der Waals surface area (Å²) in [5.74, 6) is -0.0235. The van der Waals surface area contributed by atoms with E-state index in [2.05, 4.69) is 4.52 Å². The molecule has 0 amide bonds. The van der Waals surface area contributed by atoms with Crippen LogP contribution in [0.1, 0.15) is 12.8 Å². The van der Waals surface area contributed by atoms with Gasteiger partial charge < -0.3 is 4.52 Å². The number of carbonyl (C=O) groups excluding carboxylic acids is 1. The Morgan fingerprint density at radius 3 is 2.86 bits per heavy atom. The van der Waals surface area contributed by atoms with Crippen LogP contribution >= 0.6 is 8.81 Å². The molecular weight excluding hydrogens is 111 g/mol. The summed E-state index contributed by atoms with van der Waals surface area (Å²) >= 11 is 0. The Hall–Kier alpha value is -0.100. The number of hydrogen-bond acceptors (Lipinski definition) is 2. The van der Waals surface area contributed by atoms with Gasteiger partial charge >= 0.3 is 5.97 Å². The van der Waals surface area contributed by atoms with Crippen LogP contribution in [0.3, 0.4) is 0 Å². The van der Waals surface area contributed by atoms with Crippen LogP contribution in [0, 0.1) is 0 Å². The van der Waals surface area contributed by atoms with Crippen molar-refractivity contribution >= 4 is 14.8 Å². The maximum absolute atomic E-state index is 10.2. The van der Waals surface area contributed by atoms with E-state index in [1.165, 1.54) is 0 Å². The Kier molecular flexibility index (Phi) is 1.64. The number of hydrogen-bond donors (Lipinski definition) is 0. The minimum Gasteiger partial charge on any atom is -0.448 e. The molecule has 0 saturated carbocycles. The maximum atomic E-state index is 10.2. The second kappa shape index (κ2) is 2.27. The number of carbonyl (C=O) groups is 1. The van der Waals surface area contributed by atoms with Crippen LogP contribution in [0.25, 0.3) is 0 Å². The van der Waals surface area contributed by atoms with Gasteiger partial charge in [0, 0.05) is 12.6 Å². The fourth-order valence-corrected chi connectivity index (χ4v) is 1.17. The van der Waals surface area contributed by atoms with Gasteiger partial charge in [0.15, 0.2) is 0 Å². The molecule has 1 heterocycles.